The van der Waals surface area contributed by atoms with E-state index in [4.69, 9.17) is 13.9 Å². The maximum Gasteiger partial charge on any atom is 0.258 e. The van der Waals surface area contributed by atoms with Crippen molar-refractivity contribution >= 4 is 16.9 Å². The van der Waals surface area contributed by atoms with Gasteiger partial charge in [0, 0.05) is 5.39 Å². The molecule has 136 valence electrons. The molecule has 3 rings (SSSR count). The Morgan fingerprint density at radius 1 is 1.15 bits per heavy atom. The number of carbonyl (C=O) groups is 1. The van der Waals surface area contributed by atoms with Crippen molar-refractivity contribution in [1.82, 2.24) is 5.32 Å². The van der Waals surface area contributed by atoms with Crippen molar-refractivity contribution in [2.24, 2.45) is 0 Å². The summed E-state index contributed by atoms with van der Waals surface area (Å²) in [5.41, 5.74) is 2.70. The second-order valence-electron chi connectivity index (χ2n) is 6.33. The Balaban J connectivity index is 1.66. The Labute approximate surface area is 152 Å². The lowest BCUT2D eigenvalue weighted by Gasteiger charge is -2.14. The number of fused-ring (bicyclic) bond motifs is 1. The Morgan fingerprint density at radius 3 is 2.54 bits per heavy atom. The summed E-state index contributed by atoms with van der Waals surface area (Å²) in [6.45, 7) is 5.76. The molecule has 0 aliphatic heterocycles. The quantitative estimate of drug-likeness (QED) is 0.717. The largest absolute Gasteiger partial charge is 0.493 e. The first kappa shape index (κ1) is 17.9. The summed E-state index contributed by atoms with van der Waals surface area (Å²) in [5.74, 6) is 1.90. The van der Waals surface area contributed by atoms with Crippen molar-refractivity contribution < 1.29 is 18.7 Å². The van der Waals surface area contributed by atoms with Gasteiger partial charge in [-0.3, -0.25) is 4.79 Å². The molecule has 0 radical (unpaired) electrons. The lowest BCUT2D eigenvalue weighted by atomic mass is 10.1. The van der Waals surface area contributed by atoms with E-state index in [1.807, 2.05) is 63.2 Å². The van der Waals surface area contributed by atoms with Crippen LogP contribution in [0.25, 0.3) is 11.0 Å². The van der Waals surface area contributed by atoms with Crippen molar-refractivity contribution in [3.05, 3.63) is 59.4 Å². The summed E-state index contributed by atoms with van der Waals surface area (Å²) in [4.78, 5) is 12.3. The molecule has 0 fully saturated rings. The Hall–Kier alpha value is -2.95. The van der Waals surface area contributed by atoms with Gasteiger partial charge >= 0.3 is 0 Å². The number of ether oxygens (including phenoxy) is 2. The molecule has 1 unspecified atom stereocenters. The van der Waals surface area contributed by atoms with E-state index in [-0.39, 0.29) is 18.6 Å². The fourth-order valence-electron chi connectivity index (χ4n) is 2.95. The minimum atomic E-state index is -0.277. The van der Waals surface area contributed by atoms with Crippen LogP contribution in [0.3, 0.4) is 0 Å². The summed E-state index contributed by atoms with van der Waals surface area (Å²) in [5, 5.41) is 3.84. The van der Waals surface area contributed by atoms with E-state index in [9.17, 15) is 4.79 Å². The van der Waals surface area contributed by atoms with Crippen molar-refractivity contribution in [2.75, 3.05) is 13.7 Å². The van der Waals surface area contributed by atoms with Crippen LogP contribution in [0.15, 0.2) is 46.9 Å². The summed E-state index contributed by atoms with van der Waals surface area (Å²) >= 11 is 0. The molecular weight excluding hydrogens is 330 g/mol. The number of furan rings is 1. The fraction of sp³-hybridized carbons (Fsp3) is 0.286. The Kier molecular flexibility index (Phi) is 5.16. The van der Waals surface area contributed by atoms with E-state index in [1.54, 1.807) is 7.11 Å². The normalized spacial score (nSPS) is 12.0. The smallest absolute Gasteiger partial charge is 0.258 e. The topological polar surface area (TPSA) is 60.7 Å². The average Bonchev–Trinajstić information content (AvgIpc) is 3.05. The number of amides is 1. The highest BCUT2D eigenvalue weighted by Crippen LogP contribution is 2.30. The van der Waals surface area contributed by atoms with Crippen molar-refractivity contribution in [3.63, 3.8) is 0 Å². The van der Waals surface area contributed by atoms with Gasteiger partial charge < -0.3 is 19.2 Å². The van der Waals surface area contributed by atoms with E-state index >= 15 is 0 Å². The van der Waals surface area contributed by atoms with Crippen LogP contribution in [0.5, 0.6) is 11.5 Å². The van der Waals surface area contributed by atoms with Crippen LogP contribution in [0, 0.1) is 13.8 Å². The SMILES string of the molecule is COc1cccc2cc(C(C)NC(=O)COc3c(C)cccc3C)oc12. The minimum Gasteiger partial charge on any atom is -0.493 e. The maximum absolute atomic E-state index is 12.3. The maximum atomic E-state index is 12.3. The second kappa shape index (κ2) is 7.52. The van der Waals surface area contributed by atoms with Gasteiger partial charge in [0.25, 0.3) is 5.91 Å². The third-order valence-electron chi connectivity index (χ3n) is 4.31. The first-order chi connectivity index (χ1) is 12.5. The minimum absolute atomic E-state index is 0.0421. The molecule has 2 aromatic carbocycles. The summed E-state index contributed by atoms with van der Waals surface area (Å²) in [6, 6.07) is 13.2. The van der Waals surface area contributed by atoms with Crippen molar-refractivity contribution in [3.8, 4) is 11.5 Å². The third-order valence-corrected chi connectivity index (χ3v) is 4.31. The standard InChI is InChI=1S/C21H23NO4/c1-13-7-5-8-14(2)20(13)25-12-19(23)22-15(3)18-11-16-9-6-10-17(24-4)21(16)26-18/h5-11,15H,12H2,1-4H3,(H,22,23). The monoisotopic (exact) mass is 353 g/mol. The van der Waals surface area contributed by atoms with Gasteiger partial charge in [-0.15, -0.1) is 0 Å². The highest BCUT2D eigenvalue weighted by molar-refractivity contribution is 5.84. The van der Waals surface area contributed by atoms with E-state index in [1.165, 1.54) is 0 Å². The highest BCUT2D eigenvalue weighted by Gasteiger charge is 2.16. The zero-order chi connectivity index (χ0) is 18.7. The lowest BCUT2D eigenvalue weighted by molar-refractivity contribution is -0.123. The predicted octanol–water partition coefficient (Wildman–Crippen LogP) is 4.31. The van der Waals surface area contributed by atoms with Crippen LogP contribution in [0.2, 0.25) is 0 Å². The molecule has 1 amide bonds. The number of para-hydroxylation sites is 2. The van der Waals surface area contributed by atoms with Gasteiger partial charge in [-0.1, -0.05) is 30.3 Å². The average molecular weight is 353 g/mol. The molecule has 0 bridgehead atoms. The predicted molar refractivity (Wildman–Crippen MR) is 101 cm³/mol. The molecule has 0 aliphatic carbocycles. The van der Waals surface area contributed by atoms with Gasteiger partial charge in [0.2, 0.25) is 0 Å². The van der Waals surface area contributed by atoms with Gasteiger partial charge in [0.15, 0.2) is 17.9 Å². The van der Waals surface area contributed by atoms with Crippen LogP contribution < -0.4 is 14.8 Å². The molecule has 26 heavy (non-hydrogen) atoms. The number of hydrogen-bond donors (Lipinski definition) is 1. The van der Waals surface area contributed by atoms with Crippen molar-refractivity contribution in [2.45, 2.75) is 26.8 Å². The van der Waals surface area contributed by atoms with E-state index in [0.717, 1.165) is 22.3 Å². The lowest BCUT2D eigenvalue weighted by Crippen LogP contribution is -2.31. The van der Waals surface area contributed by atoms with E-state index in [0.29, 0.717) is 17.1 Å². The van der Waals surface area contributed by atoms with Crippen LogP contribution >= 0.6 is 0 Å². The zero-order valence-corrected chi connectivity index (χ0v) is 15.5. The van der Waals surface area contributed by atoms with Crippen LogP contribution in [-0.4, -0.2) is 19.6 Å². The summed E-state index contributed by atoms with van der Waals surface area (Å²) < 4.78 is 16.9. The molecular formula is C21H23NO4. The van der Waals surface area contributed by atoms with Gasteiger partial charge in [0.05, 0.1) is 13.2 Å². The number of benzene rings is 2. The zero-order valence-electron chi connectivity index (χ0n) is 15.5. The summed E-state index contributed by atoms with van der Waals surface area (Å²) in [7, 11) is 1.60. The first-order valence-corrected chi connectivity index (χ1v) is 8.54. The number of hydrogen-bond acceptors (Lipinski definition) is 4. The number of aryl methyl sites for hydroxylation is 2. The molecule has 0 saturated carbocycles. The molecule has 1 N–H and O–H groups in total. The van der Waals surface area contributed by atoms with Gasteiger partial charge in [-0.05, 0) is 44.0 Å². The molecule has 0 spiro atoms. The third kappa shape index (κ3) is 3.67. The number of carbonyl (C=O) groups excluding carboxylic acids is 1. The molecule has 1 aromatic heterocycles. The van der Waals surface area contributed by atoms with Crippen LogP contribution in [-0.2, 0) is 4.79 Å². The Morgan fingerprint density at radius 2 is 1.85 bits per heavy atom. The molecule has 0 aliphatic rings. The first-order valence-electron chi connectivity index (χ1n) is 8.54. The molecule has 1 atom stereocenters. The van der Waals surface area contributed by atoms with Gasteiger partial charge in [-0.25, -0.2) is 0 Å². The number of methoxy groups -OCH3 is 1. The second-order valence-corrected chi connectivity index (χ2v) is 6.33. The van der Waals surface area contributed by atoms with Gasteiger partial charge in [0.1, 0.15) is 11.5 Å². The highest BCUT2D eigenvalue weighted by atomic mass is 16.5. The molecule has 5 heteroatoms. The Bertz CT molecular complexity index is 909. The fourth-order valence-corrected chi connectivity index (χ4v) is 2.95. The molecule has 3 aromatic rings. The molecule has 1 heterocycles. The van der Waals surface area contributed by atoms with Gasteiger partial charge in [-0.2, -0.15) is 0 Å². The summed E-state index contributed by atoms with van der Waals surface area (Å²) in [6.07, 6.45) is 0. The molecule has 5 nitrogen and oxygen atoms in total. The van der Waals surface area contributed by atoms with Crippen molar-refractivity contribution in [1.29, 1.82) is 0 Å². The molecule has 0 saturated heterocycles. The van der Waals surface area contributed by atoms with Crippen LogP contribution in [0.4, 0.5) is 0 Å². The van der Waals surface area contributed by atoms with E-state index < -0.39 is 0 Å². The number of rotatable bonds is 6. The number of nitrogens with one attached hydrogen (secondary N) is 1. The van der Waals surface area contributed by atoms with Crippen LogP contribution in [0.1, 0.15) is 29.9 Å². The van der Waals surface area contributed by atoms with E-state index in [2.05, 4.69) is 5.32 Å².